The van der Waals surface area contributed by atoms with Crippen LogP contribution in [0.15, 0.2) is 18.5 Å². The summed E-state index contributed by atoms with van der Waals surface area (Å²) in [5, 5.41) is 0. The number of carbonyl (C=O) groups excluding carboxylic acids is 1. The quantitative estimate of drug-likeness (QED) is 0.689. The summed E-state index contributed by atoms with van der Waals surface area (Å²) >= 11 is 0. The van der Waals surface area contributed by atoms with E-state index in [0.717, 1.165) is 5.69 Å². The highest BCUT2D eigenvalue weighted by atomic mass is 16.5. The molecule has 2 aromatic heterocycles. The molecule has 0 spiro atoms. The van der Waals surface area contributed by atoms with Crippen LogP contribution in [0, 0.1) is 6.92 Å². The van der Waals surface area contributed by atoms with Crippen LogP contribution in [0.5, 0.6) is 0 Å². The zero-order valence-electron chi connectivity index (χ0n) is 9.89. The van der Waals surface area contributed by atoms with Gasteiger partial charge >= 0.3 is 5.97 Å². The molecule has 0 radical (unpaired) electrons. The highest BCUT2D eigenvalue weighted by Gasteiger charge is 2.08. The number of ether oxygens (including phenoxy) is 1. The highest BCUT2D eigenvalue weighted by Crippen LogP contribution is 2.05. The van der Waals surface area contributed by atoms with Crippen molar-refractivity contribution in [2.45, 2.75) is 20.8 Å². The number of aromatic nitrogens is 3. The number of nitrogens with zero attached hydrogens (tertiary/aromatic N) is 3. The van der Waals surface area contributed by atoms with Gasteiger partial charge in [0.05, 0.1) is 13.3 Å². The topological polar surface area (TPSA) is 56.5 Å². The molecule has 0 fully saturated rings. The third kappa shape index (κ3) is 2.18. The van der Waals surface area contributed by atoms with Gasteiger partial charge in [-0.05, 0) is 13.0 Å². The van der Waals surface area contributed by atoms with Gasteiger partial charge < -0.3 is 4.74 Å². The molecule has 16 heavy (non-hydrogen) atoms. The molecule has 0 aliphatic carbocycles. The lowest BCUT2D eigenvalue weighted by Crippen LogP contribution is -2.05. The molecular weight excluding hydrogens is 206 g/mol. The number of rotatable bonds is 1. The van der Waals surface area contributed by atoms with Crippen molar-refractivity contribution in [2.75, 3.05) is 7.11 Å². The van der Waals surface area contributed by atoms with Crippen LogP contribution in [0.3, 0.4) is 0 Å². The molecule has 5 nitrogen and oxygen atoms in total. The fraction of sp³-hybridized carbons (Fsp3) is 0.364. The second-order valence-electron chi connectivity index (χ2n) is 2.87. The first-order valence-corrected chi connectivity index (χ1v) is 5.11. The van der Waals surface area contributed by atoms with Gasteiger partial charge in [0.1, 0.15) is 0 Å². The first-order valence-electron chi connectivity index (χ1n) is 5.11. The summed E-state index contributed by atoms with van der Waals surface area (Å²) in [6.07, 6.45) is 3.44. The van der Waals surface area contributed by atoms with Gasteiger partial charge in [-0.2, -0.15) is 0 Å². The van der Waals surface area contributed by atoms with Gasteiger partial charge in [-0.25, -0.2) is 14.8 Å². The Bertz CT molecular complexity index is 491. The third-order valence-electron chi connectivity index (χ3n) is 1.96. The van der Waals surface area contributed by atoms with E-state index in [1.807, 2.05) is 20.8 Å². The fourth-order valence-corrected chi connectivity index (χ4v) is 1.21. The summed E-state index contributed by atoms with van der Waals surface area (Å²) in [6, 6.07) is 1.60. The third-order valence-corrected chi connectivity index (χ3v) is 1.96. The smallest absolute Gasteiger partial charge is 0.356 e. The summed E-state index contributed by atoms with van der Waals surface area (Å²) in [4.78, 5) is 19.2. The van der Waals surface area contributed by atoms with Crippen LogP contribution in [0.25, 0.3) is 5.78 Å². The average molecular weight is 221 g/mol. The van der Waals surface area contributed by atoms with Crippen LogP contribution in [0.1, 0.15) is 30.0 Å². The van der Waals surface area contributed by atoms with Crippen molar-refractivity contribution in [1.29, 1.82) is 0 Å². The largest absolute Gasteiger partial charge is 0.464 e. The summed E-state index contributed by atoms with van der Waals surface area (Å²) in [5.74, 6) is 0.0542. The molecule has 2 aromatic rings. The normalized spacial score (nSPS) is 9.50. The number of methoxy groups -OCH3 is 1. The van der Waals surface area contributed by atoms with E-state index < -0.39 is 5.97 Å². The van der Waals surface area contributed by atoms with E-state index in [9.17, 15) is 4.79 Å². The molecule has 0 atom stereocenters. The highest BCUT2D eigenvalue weighted by molar-refractivity contribution is 5.87. The lowest BCUT2D eigenvalue weighted by Gasteiger charge is -1.99. The number of esters is 1. The SMILES string of the molecule is CC.COC(=O)c1ccn2c(C)cnc2n1. The molecule has 0 aliphatic rings. The maximum absolute atomic E-state index is 11.1. The van der Waals surface area contributed by atoms with Crippen molar-refractivity contribution in [3.8, 4) is 0 Å². The zero-order valence-corrected chi connectivity index (χ0v) is 9.89. The van der Waals surface area contributed by atoms with E-state index in [0.29, 0.717) is 5.78 Å². The van der Waals surface area contributed by atoms with Gasteiger partial charge in [0, 0.05) is 11.9 Å². The average Bonchev–Trinajstić information content (AvgIpc) is 2.72. The number of hydrogen-bond acceptors (Lipinski definition) is 4. The van der Waals surface area contributed by atoms with E-state index in [1.54, 1.807) is 22.9 Å². The van der Waals surface area contributed by atoms with Crippen LogP contribution in [0.2, 0.25) is 0 Å². The van der Waals surface area contributed by atoms with Gasteiger partial charge in [0.25, 0.3) is 0 Å². The first kappa shape index (κ1) is 12.2. The maximum atomic E-state index is 11.1. The van der Waals surface area contributed by atoms with E-state index in [-0.39, 0.29) is 5.69 Å². The van der Waals surface area contributed by atoms with Crippen LogP contribution in [-0.2, 0) is 4.74 Å². The van der Waals surface area contributed by atoms with Crippen molar-refractivity contribution in [3.63, 3.8) is 0 Å². The Hall–Kier alpha value is -1.91. The van der Waals surface area contributed by atoms with Gasteiger partial charge in [-0.3, -0.25) is 4.40 Å². The Labute approximate surface area is 94.1 Å². The van der Waals surface area contributed by atoms with Gasteiger partial charge in [-0.1, -0.05) is 13.8 Å². The Balaban J connectivity index is 0.000000606. The number of carbonyl (C=O) groups is 1. The second kappa shape index (κ2) is 5.25. The molecule has 0 bridgehead atoms. The number of imidazole rings is 1. The molecule has 5 heteroatoms. The molecule has 0 N–H and O–H groups in total. The number of hydrogen-bond donors (Lipinski definition) is 0. The minimum absolute atomic E-state index is 0.269. The lowest BCUT2D eigenvalue weighted by molar-refractivity contribution is 0.0594. The summed E-state index contributed by atoms with van der Waals surface area (Å²) in [6.45, 7) is 5.92. The van der Waals surface area contributed by atoms with Crippen molar-refractivity contribution >= 4 is 11.7 Å². The van der Waals surface area contributed by atoms with Crippen LogP contribution < -0.4 is 0 Å². The van der Waals surface area contributed by atoms with Gasteiger partial charge in [-0.15, -0.1) is 0 Å². The molecule has 0 amide bonds. The Morgan fingerprint density at radius 2 is 2.12 bits per heavy atom. The van der Waals surface area contributed by atoms with Crippen molar-refractivity contribution in [1.82, 2.24) is 14.4 Å². The van der Waals surface area contributed by atoms with Crippen molar-refractivity contribution in [3.05, 3.63) is 29.8 Å². The monoisotopic (exact) mass is 221 g/mol. The molecule has 0 aliphatic heterocycles. The molecule has 0 saturated heterocycles. The molecule has 0 aromatic carbocycles. The van der Waals surface area contributed by atoms with Gasteiger partial charge in [0.2, 0.25) is 5.78 Å². The van der Waals surface area contributed by atoms with E-state index in [1.165, 1.54) is 7.11 Å². The summed E-state index contributed by atoms with van der Waals surface area (Å²) in [7, 11) is 1.32. The molecule has 0 saturated carbocycles. The van der Waals surface area contributed by atoms with E-state index >= 15 is 0 Å². The predicted molar refractivity (Wildman–Crippen MR) is 60.4 cm³/mol. The van der Waals surface area contributed by atoms with Crippen molar-refractivity contribution in [2.24, 2.45) is 0 Å². The van der Waals surface area contributed by atoms with Crippen LogP contribution >= 0.6 is 0 Å². The molecule has 86 valence electrons. The first-order chi connectivity index (χ1) is 7.72. The second-order valence-corrected chi connectivity index (χ2v) is 2.87. The Morgan fingerprint density at radius 3 is 2.75 bits per heavy atom. The Morgan fingerprint density at radius 1 is 1.44 bits per heavy atom. The van der Waals surface area contributed by atoms with Crippen molar-refractivity contribution < 1.29 is 9.53 Å². The molecule has 0 unspecified atom stereocenters. The minimum Gasteiger partial charge on any atom is -0.464 e. The molecule has 2 heterocycles. The molecule has 2 rings (SSSR count). The van der Waals surface area contributed by atoms with Gasteiger partial charge in [0.15, 0.2) is 5.69 Å². The maximum Gasteiger partial charge on any atom is 0.356 e. The molecular formula is C11H15N3O2. The van der Waals surface area contributed by atoms with Crippen LogP contribution in [-0.4, -0.2) is 27.4 Å². The standard InChI is InChI=1S/C9H9N3O2.C2H6/c1-6-5-10-9-11-7(8(13)14-2)3-4-12(6)9;1-2/h3-5H,1-2H3;1-2H3. The summed E-state index contributed by atoms with van der Waals surface area (Å²) in [5.41, 5.74) is 1.24. The lowest BCUT2D eigenvalue weighted by atomic mass is 10.4. The number of fused-ring (bicyclic) bond motifs is 1. The van der Waals surface area contributed by atoms with E-state index in [2.05, 4.69) is 14.7 Å². The fourth-order valence-electron chi connectivity index (χ4n) is 1.21. The zero-order chi connectivity index (χ0) is 12.1. The number of aryl methyl sites for hydroxylation is 1. The predicted octanol–water partition coefficient (Wildman–Crippen LogP) is 1.85. The van der Waals surface area contributed by atoms with Crippen LogP contribution in [0.4, 0.5) is 0 Å². The summed E-state index contributed by atoms with van der Waals surface area (Å²) < 4.78 is 6.35. The van der Waals surface area contributed by atoms with E-state index in [4.69, 9.17) is 0 Å². The minimum atomic E-state index is -0.451. The Kier molecular flexibility index (Phi) is 3.99.